The molecule has 1 aromatic rings. The molecule has 7 heteroatoms. The van der Waals surface area contributed by atoms with Crippen LogP contribution in [0.3, 0.4) is 0 Å². The second kappa shape index (κ2) is 4.91. The number of rotatable bonds is 2. The van der Waals surface area contributed by atoms with Crippen LogP contribution >= 0.6 is 34.8 Å². The van der Waals surface area contributed by atoms with Gasteiger partial charge >= 0.3 is 11.9 Å². The Morgan fingerprint density at radius 2 is 1.75 bits per heavy atom. The van der Waals surface area contributed by atoms with Gasteiger partial charge < -0.3 is 9.84 Å². The second-order valence-electron chi connectivity index (χ2n) is 2.69. The van der Waals surface area contributed by atoms with E-state index >= 15 is 0 Å². The van der Waals surface area contributed by atoms with Crippen molar-refractivity contribution in [1.29, 1.82) is 0 Å². The van der Waals surface area contributed by atoms with Crippen molar-refractivity contribution < 1.29 is 19.4 Å². The van der Waals surface area contributed by atoms with E-state index in [1.807, 2.05) is 0 Å². The monoisotopic (exact) mass is 282 g/mol. The number of para-hydroxylation sites is 1. The molecule has 0 saturated carbocycles. The van der Waals surface area contributed by atoms with Crippen molar-refractivity contribution in [2.45, 2.75) is 3.79 Å². The van der Waals surface area contributed by atoms with E-state index in [0.29, 0.717) is 0 Å². The Hall–Kier alpha value is -0.970. The summed E-state index contributed by atoms with van der Waals surface area (Å²) in [6.45, 7) is 0. The number of carbonyl (C=O) groups excluding carboxylic acids is 1. The van der Waals surface area contributed by atoms with Crippen LogP contribution in [0.5, 0.6) is 5.75 Å². The minimum atomic E-state index is -2.24. The molecule has 0 atom stereocenters. The zero-order valence-electron chi connectivity index (χ0n) is 7.62. The first kappa shape index (κ1) is 13.1. The average molecular weight is 283 g/mol. The Bertz CT molecular complexity index is 425. The van der Waals surface area contributed by atoms with Gasteiger partial charge in [-0.2, -0.15) is 0 Å². The second-order valence-corrected chi connectivity index (χ2v) is 4.97. The summed E-state index contributed by atoms with van der Waals surface area (Å²) in [7, 11) is 0. The Labute approximate surface area is 106 Å². The highest BCUT2D eigenvalue weighted by molar-refractivity contribution is 6.75. The largest absolute Gasteiger partial charge is 0.478 e. The smallest absolute Gasteiger partial charge is 0.363 e. The number of benzene rings is 1. The van der Waals surface area contributed by atoms with E-state index in [1.165, 1.54) is 24.3 Å². The summed E-state index contributed by atoms with van der Waals surface area (Å²) in [5.41, 5.74) is -0.190. The first-order valence-corrected chi connectivity index (χ1v) is 5.07. The molecule has 86 valence electrons. The molecule has 0 amide bonds. The standard InChI is InChI=1S/C9H5Cl3O4/c10-9(11,12)8(15)16-6-4-2-1-3-5(6)7(13)14/h1-4H,(H,13,14). The molecular formula is C9H5Cl3O4. The number of alkyl halides is 3. The number of ether oxygens (including phenoxy) is 1. The molecule has 16 heavy (non-hydrogen) atoms. The van der Waals surface area contributed by atoms with Gasteiger partial charge in [-0.05, 0) is 12.1 Å². The molecule has 0 saturated heterocycles. The molecule has 0 fully saturated rings. The number of carboxylic acids is 1. The average Bonchev–Trinajstić information content (AvgIpc) is 2.16. The van der Waals surface area contributed by atoms with Gasteiger partial charge in [-0.3, -0.25) is 0 Å². The highest BCUT2D eigenvalue weighted by Crippen LogP contribution is 2.29. The van der Waals surface area contributed by atoms with Crippen LogP contribution in [0.15, 0.2) is 24.3 Å². The van der Waals surface area contributed by atoms with Gasteiger partial charge in [0.05, 0.1) is 0 Å². The zero-order chi connectivity index (χ0) is 12.3. The normalized spacial score (nSPS) is 10.9. The van der Waals surface area contributed by atoms with Crippen LogP contribution in [0, 0.1) is 0 Å². The lowest BCUT2D eigenvalue weighted by atomic mass is 10.2. The molecule has 1 rings (SSSR count). The summed E-state index contributed by atoms with van der Waals surface area (Å²) in [5.74, 6) is -2.58. The van der Waals surface area contributed by atoms with Crippen LogP contribution in [0.2, 0.25) is 0 Å². The molecule has 1 N–H and O–H groups in total. The highest BCUT2D eigenvalue weighted by atomic mass is 35.6. The molecule has 0 aliphatic carbocycles. The first-order valence-electron chi connectivity index (χ1n) is 3.93. The van der Waals surface area contributed by atoms with Crippen LogP contribution in [0.1, 0.15) is 10.4 Å². The molecule has 0 aliphatic heterocycles. The fourth-order valence-corrected chi connectivity index (χ4v) is 1.01. The fourth-order valence-electron chi connectivity index (χ4n) is 0.890. The summed E-state index contributed by atoms with van der Waals surface area (Å²) in [4.78, 5) is 22.0. The molecular weight excluding hydrogens is 278 g/mol. The Kier molecular flexibility index (Phi) is 4.02. The maximum absolute atomic E-state index is 11.2. The van der Waals surface area contributed by atoms with Crippen LogP contribution in [0.25, 0.3) is 0 Å². The lowest BCUT2D eigenvalue weighted by Gasteiger charge is -2.11. The quantitative estimate of drug-likeness (QED) is 0.515. The van der Waals surface area contributed by atoms with E-state index in [2.05, 4.69) is 4.74 Å². The summed E-state index contributed by atoms with van der Waals surface area (Å²) in [6.07, 6.45) is 0. The lowest BCUT2D eigenvalue weighted by molar-refractivity contribution is -0.133. The third-order valence-electron chi connectivity index (χ3n) is 1.55. The van der Waals surface area contributed by atoms with Crippen LogP contribution in [-0.4, -0.2) is 20.8 Å². The lowest BCUT2D eigenvalue weighted by Crippen LogP contribution is -2.25. The number of hydrogen-bond acceptors (Lipinski definition) is 3. The maximum Gasteiger partial charge on any atom is 0.363 e. The van der Waals surface area contributed by atoms with Gasteiger partial charge in [0.25, 0.3) is 3.79 Å². The Morgan fingerprint density at radius 3 is 2.25 bits per heavy atom. The summed E-state index contributed by atoms with van der Waals surface area (Å²) >= 11 is 15.8. The van der Waals surface area contributed by atoms with Gasteiger partial charge in [-0.1, -0.05) is 46.9 Å². The van der Waals surface area contributed by atoms with Gasteiger partial charge in [0.1, 0.15) is 11.3 Å². The number of aromatic carboxylic acids is 1. The highest BCUT2D eigenvalue weighted by Gasteiger charge is 2.33. The van der Waals surface area contributed by atoms with Gasteiger partial charge in [-0.15, -0.1) is 0 Å². The Balaban J connectivity index is 2.98. The minimum Gasteiger partial charge on any atom is -0.478 e. The van der Waals surface area contributed by atoms with E-state index in [-0.39, 0.29) is 11.3 Å². The Morgan fingerprint density at radius 1 is 1.19 bits per heavy atom. The van der Waals surface area contributed by atoms with Crippen molar-refractivity contribution in [3.63, 3.8) is 0 Å². The maximum atomic E-state index is 11.2. The molecule has 0 spiro atoms. The predicted molar refractivity (Wildman–Crippen MR) is 59.3 cm³/mol. The number of carboxylic acid groups (broad SMARTS) is 1. The van der Waals surface area contributed by atoms with Crippen molar-refractivity contribution in [3.05, 3.63) is 29.8 Å². The molecule has 0 aliphatic rings. The minimum absolute atomic E-state index is 0.175. The van der Waals surface area contributed by atoms with Gasteiger partial charge in [0.2, 0.25) is 0 Å². The molecule has 0 aromatic heterocycles. The molecule has 0 bridgehead atoms. The predicted octanol–water partition coefficient (Wildman–Crippen LogP) is 2.66. The van der Waals surface area contributed by atoms with Crippen molar-refractivity contribution in [2.75, 3.05) is 0 Å². The first-order chi connectivity index (χ1) is 7.32. The van der Waals surface area contributed by atoms with Gasteiger partial charge in [-0.25, -0.2) is 9.59 Å². The van der Waals surface area contributed by atoms with Crippen molar-refractivity contribution >= 4 is 46.7 Å². The van der Waals surface area contributed by atoms with Crippen molar-refractivity contribution in [2.24, 2.45) is 0 Å². The van der Waals surface area contributed by atoms with Crippen molar-refractivity contribution in [1.82, 2.24) is 0 Å². The molecule has 0 radical (unpaired) electrons. The molecule has 1 aromatic carbocycles. The molecule has 0 heterocycles. The number of halogens is 3. The third kappa shape index (κ3) is 3.27. The molecule has 0 unspecified atom stereocenters. The number of carbonyl (C=O) groups is 2. The zero-order valence-corrected chi connectivity index (χ0v) is 9.88. The van der Waals surface area contributed by atoms with Gasteiger partial charge in [0, 0.05) is 0 Å². The van der Waals surface area contributed by atoms with E-state index in [4.69, 9.17) is 39.9 Å². The van der Waals surface area contributed by atoms with Gasteiger partial charge in [0.15, 0.2) is 0 Å². The topological polar surface area (TPSA) is 63.6 Å². The van der Waals surface area contributed by atoms with E-state index in [0.717, 1.165) is 0 Å². The van der Waals surface area contributed by atoms with E-state index in [9.17, 15) is 9.59 Å². The summed E-state index contributed by atoms with van der Waals surface area (Å²) < 4.78 is 2.41. The SMILES string of the molecule is O=C(O)c1ccccc1OC(=O)C(Cl)(Cl)Cl. The molecule has 4 nitrogen and oxygen atoms in total. The summed E-state index contributed by atoms with van der Waals surface area (Å²) in [5, 5.41) is 8.79. The van der Waals surface area contributed by atoms with Crippen molar-refractivity contribution in [3.8, 4) is 5.75 Å². The van der Waals surface area contributed by atoms with Crippen LogP contribution in [-0.2, 0) is 4.79 Å². The van der Waals surface area contributed by atoms with E-state index < -0.39 is 15.7 Å². The number of esters is 1. The fraction of sp³-hybridized carbons (Fsp3) is 0.111. The number of hydrogen-bond donors (Lipinski definition) is 1. The van der Waals surface area contributed by atoms with Crippen LogP contribution in [0.4, 0.5) is 0 Å². The third-order valence-corrected chi connectivity index (χ3v) is 2.01. The van der Waals surface area contributed by atoms with Crippen LogP contribution < -0.4 is 4.74 Å². The van der Waals surface area contributed by atoms with E-state index in [1.54, 1.807) is 0 Å². The summed E-state index contributed by atoms with van der Waals surface area (Å²) in [6, 6.07) is 5.53.